The van der Waals surface area contributed by atoms with Gasteiger partial charge in [-0.05, 0) is 55.8 Å². The molecule has 1 saturated heterocycles. The second-order valence-electron chi connectivity index (χ2n) is 8.69. The number of para-hydroxylation sites is 2. The van der Waals surface area contributed by atoms with E-state index in [0.29, 0.717) is 54.9 Å². The van der Waals surface area contributed by atoms with Gasteiger partial charge in [0.1, 0.15) is 34.8 Å². The number of ether oxygens (including phenoxy) is 1. The first kappa shape index (κ1) is 23.3. The quantitative estimate of drug-likeness (QED) is 0.416. The lowest BCUT2D eigenvalue weighted by Gasteiger charge is -2.35. The zero-order valence-corrected chi connectivity index (χ0v) is 20.4. The maximum Gasteiger partial charge on any atom is 0.257 e. The van der Waals surface area contributed by atoms with Gasteiger partial charge in [-0.3, -0.25) is 4.79 Å². The van der Waals surface area contributed by atoms with Gasteiger partial charge in [0.15, 0.2) is 0 Å². The van der Waals surface area contributed by atoms with Crippen LogP contribution in [0.5, 0.6) is 11.5 Å². The average Bonchev–Trinajstić information content (AvgIpc) is 2.89. The first-order chi connectivity index (χ1) is 17.5. The molecule has 0 atom stereocenters. The number of carbonyl (C=O) groups is 1. The van der Waals surface area contributed by atoms with Crippen LogP contribution in [0.2, 0.25) is 0 Å². The number of amides is 1. The zero-order chi connectivity index (χ0) is 24.9. The summed E-state index contributed by atoms with van der Waals surface area (Å²) in [6.45, 7) is 6.42. The van der Waals surface area contributed by atoms with Gasteiger partial charge in [0, 0.05) is 38.4 Å². The Bertz CT molecular complexity index is 1350. The molecule has 0 radical (unpaired) electrons. The van der Waals surface area contributed by atoms with E-state index in [0.717, 1.165) is 17.2 Å². The van der Waals surface area contributed by atoms with E-state index in [1.807, 2.05) is 91.5 Å². The van der Waals surface area contributed by atoms with Gasteiger partial charge in [0.05, 0.1) is 5.56 Å². The molecule has 3 heterocycles. The van der Waals surface area contributed by atoms with Gasteiger partial charge in [0.25, 0.3) is 5.91 Å². The molecule has 0 unspecified atom stereocenters. The molecule has 0 saturated carbocycles. The highest BCUT2D eigenvalue weighted by Gasteiger charge is 2.25. The lowest BCUT2D eigenvalue weighted by Crippen LogP contribution is -2.49. The molecule has 1 aliphatic rings. The molecule has 36 heavy (non-hydrogen) atoms. The molecule has 1 aliphatic heterocycles. The highest BCUT2D eigenvalue weighted by Crippen LogP contribution is 2.27. The Balaban J connectivity index is 1.26. The standard InChI is InChI=1S/C28H28N6O2/c1-20-12-13-29-25(18-20)32-26-19-27(31-21(2)30-26)33-14-16-34(17-15-33)28(35)23-10-6-7-11-24(23)36-22-8-4-3-5-9-22/h3-13,18-19H,14-17H2,1-2H3,(H,29,30,31,32). The highest BCUT2D eigenvalue weighted by atomic mass is 16.5. The summed E-state index contributed by atoms with van der Waals surface area (Å²) in [5.41, 5.74) is 1.68. The minimum atomic E-state index is -0.0343. The summed E-state index contributed by atoms with van der Waals surface area (Å²) >= 11 is 0. The van der Waals surface area contributed by atoms with Crippen molar-refractivity contribution < 1.29 is 9.53 Å². The molecule has 2 aromatic carbocycles. The molecular formula is C28H28N6O2. The Labute approximate surface area is 210 Å². The van der Waals surface area contributed by atoms with Crippen LogP contribution >= 0.6 is 0 Å². The largest absolute Gasteiger partial charge is 0.457 e. The number of hydrogen-bond acceptors (Lipinski definition) is 7. The van der Waals surface area contributed by atoms with Crippen molar-refractivity contribution in [3.8, 4) is 11.5 Å². The maximum absolute atomic E-state index is 13.4. The second-order valence-corrected chi connectivity index (χ2v) is 8.69. The van der Waals surface area contributed by atoms with Crippen molar-refractivity contribution in [3.63, 3.8) is 0 Å². The predicted octanol–water partition coefficient (Wildman–Crippen LogP) is 4.99. The fraction of sp³-hybridized carbons (Fsp3) is 0.214. The summed E-state index contributed by atoms with van der Waals surface area (Å²) in [5.74, 6) is 4.17. The first-order valence-electron chi connectivity index (χ1n) is 12.0. The number of hydrogen-bond donors (Lipinski definition) is 1. The fourth-order valence-corrected chi connectivity index (χ4v) is 4.17. The number of benzene rings is 2. The second kappa shape index (κ2) is 10.4. The number of rotatable bonds is 6. The number of anilines is 3. The van der Waals surface area contributed by atoms with Crippen molar-refractivity contribution in [2.75, 3.05) is 36.4 Å². The van der Waals surface area contributed by atoms with Gasteiger partial charge in [-0.1, -0.05) is 30.3 Å². The van der Waals surface area contributed by atoms with Gasteiger partial charge in [-0.15, -0.1) is 0 Å². The van der Waals surface area contributed by atoms with Crippen molar-refractivity contribution in [1.82, 2.24) is 19.9 Å². The van der Waals surface area contributed by atoms with Crippen LogP contribution in [0.15, 0.2) is 79.0 Å². The van der Waals surface area contributed by atoms with E-state index in [1.54, 1.807) is 6.20 Å². The van der Waals surface area contributed by atoms with E-state index >= 15 is 0 Å². The van der Waals surface area contributed by atoms with Gasteiger partial charge in [-0.25, -0.2) is 15.0 Å². The fourth-order valence-electron chi connectivity index (χ4n) is 4.17. The van der Waals surface area contributed by atoms with Crippen LogP contribution in [0.4, 0.5) is 17.5 Å². The topological polar surface area (TPSA) is 83.5 Å². The molecule has 1 fully saturated rings. The van der Waals surface area contributed by atoms with Crippen molar-refractivity contribution in [3.05, 3.63) is 95.9 Å². The SMILES string of the molecule is Cc1ccnc(Nc2cc(N3CCN(C(=O)c4ccccc4Oc4ccccc4)CC3)nc(C)n2)c1. The Morgan fingerprint density at radius 1 is 0.861 bits per heavy atom. The van der Waals surface area contributed by atoms with E-state index < -0.39 is 0 Å². The number of piperazine rings is 1. The van der Waals surface area contributed by atoms with E-state index in [-0.39, 0.29) is 5.91 Å². The van der Waals surface area contributed by atoms with E-state index in [9.17, 15) is 4.79 Å². The summed E-state index contributed by atoms with van der Waals surface area (Å²) < 4.78 is 6.01. The molecule has 1 amide bonds. The van der Waals surface area contributed by atoms with Crippen LogP contribution in [0.3, 0.4) is 0 Å². The maximum atomic E-state index is 13.4. The summed E-state index contributed by atoms with van der Waals surface area (Å²) in [6, 6.07) is 22.7. The van der Waals surface area contributed by atoms with Gasteiger partial charge < -0.3 is 19.9 Å². The molecule has 1 N–H and O–H groups in total. The van der Waals surface area contributed by atoms with Crippen LogP contribution in [0.1, 0.15) is 21.7 Å². The third-order valence-corrected chi connectivity index (χ3v) is 5.98. The molecule has 8 heteroatoms. The highest BCUT2D eigenvalue weighted by molar-refractivity contribution is 5.97. The summed E-state index contributed by atoms with van der Waals surface area (Å²) in [5, 5.41) is 3.27. The third-order valence-electron chi connectivity index (χ3n) is 5.98. The van der Waals surface area contributed by atoms with E-state index in [2.05, 4.69) is 25.2 Å². The lowest BCUT2D eigenvalue weighted by molar-refractivity contribution is 0.0744. The third kappa shape index (κ3) is 5.43. The number of aryl methyl sites for hydroxylation is 2. The number of pyridine rings is 1. The molecule has 0 bridgehead atoms. The number of carbonyl (C=O) groups excluding carboxylic acids is 1. The van der Waals surface area contributed by atoms with Crippen LogP contribution in [0.25, 0.3) is 0 Å². The minimum absolute atomic E-state index is 0.0343. The smallest absolute Gasteiger partial charge is 0.257 e. The molecule has 0 aliphatic carbocycles. The van der Waals surface area contributed by atoms with Crippen molar-refractivity contribution >= 4 is 23.4 Å². The average molecular weight is 481 g/mol. The van der Waals surface area contributed by atoms with E-state index in [1.165, 1.54) is 0 Å². The monoisotopic (exact) mass is 480 g/mol. The van der Waals surface area contributed by atoms with Gasteiger partial charge in [0.2, 0.25) is 0 Å². The first-order valence-corrected chi connectivity index (χ1v) is 12.0. The van der Waals surface area contributed by atoms with Crippen LogP contribution in [-0.4, -0.2) is 51.9 Å². The molecule has 0 spiro atoms. The minimum Gasteiger partial charge on any atom is -0.457 e. The Kier molecular flexibility index (Phi) is 6.75. The molecular weight excluding hydrogens is 452 g/mol. The number of nitrogens with zero attached hydrogens (tertiary/aromatic N) is 5. The number of nitrogens with one attached hydrogen (secondary N) is 1. The lowest BCUT2D eigenvalue weighted by atomic mass is 10.1. The normalized spacial score (nSPS) is 13.4. The van der Waals surface area contributed by atoms with Gasteiger partial charge in [-0.2, -0.15) is 0 Å². The zero-order valence-electron chi connectivity index (χ0n) is 20.4. The Morgan fingerprint density at radius 3 is 2.39 bits per heavy atom. The molecule has 182 valence electrons. The molecule has 5 rings (SSSR count). The number of aromatic nitrogens is 3. The van der Waals surface area contributed by atoms with Gasteiger partial charge >= 0.3 is 0 Å². The van der Waals surface area contributed by atoms with Crippen molar-refractivity contribution in [2.45, 2.75) is 13.8 Å². The summed E-state index contributed by atoms with van der Waals surface area (Å²) in [7, 11) is 0. The van der Waals surface area contributed by atoms with Crippen molar-refractivity contribution in [1.29, 1.82) is 0 Å². The Hall–Kier alpha value is -4.46. The summed E-state index contributed by atoms with van der Waals surface area (Å²) in [6.07, 6.45) is 1.77. The van der Waals surface area contributed by atoms with Crippen LogP contribution in [0, 0.1) is 13.8 Å². The molecule has 2 aromatic heterocycles. The van der Waals surface area contributed by atoms with Crippen molar-refractivity contribution in [2.24, 2.45) is 0 Å². The summed E-state index contributed by atoms with van der Waals surface area (Å²) in [4.78, 5) is 30.9. The predicted molar refractivity (Wildman–Crippen MR) is 140 cm³/mol. The molecule has 8 nitrogen and oxygen atoms in total. The molecule has 4 aromatic rings. The van der Waals surface area contributed by atoms with Crippen LogP contribution in [-0.2, 0) is 0 Å². The van der Waals surface area contributed by atoms with Crippen LogP contribution < -0.4 is 15.0 Å². The Morgan fingerprint density at radius 2 is 1.61 bits per heavy atom. The van der Waals surface area contributed by atoms with E-state index in [4.69, 9.17) is 4.74 Å².